The van der Waals surface area contributed by atoms with E-state index in [1.807, 2.05) is 18.2 Å². The Hall–Kier alpha value is -1.56. The first-order valence-electron chi connectivity index (χ1n) is 8.18. The summed E-state index contributed by atoms with van der Waals surface area (Å²) in [7, 11) is 3.59. The summed E-state index contributed by atoms with van der Waals surface area (Å²) >= 11 is 0. The van der Waals surface area contributed by atoms with Crippen LogP contribution in [0.15, 0.2) is 6.33 Å². The number of carbonyl (C=O) groups excluding carboxylic acids is 1. The molecule has 0 radical (unpaired) electrons. The van der Waals surface area contributed by atoms with Crippen LogP contribution in [0.1, 0.15) is 37.1 Å². The van der Waals surface area contributed by atoms with Crippen LogP contribution in [0.5, 0.6) is 0 Å². The summed E-state index contributed by atoms with van der Waals surface area (Å²) in [6.45, 7) is 5.73. The predicted octanol–water partition coefficient (Wildman–Crippen LogP) is 1.91. The molecule has 1 atom stereocenters. The molecule has 1 aliphatic carbocycles. The normalized spacial score (nSPS) is 20.9. The fourth-order valence-corrected chi connectivity index (χ4v) is 3.17. The summed E-state index contributed by atoms with van der Waals surface area (Å²) in [4.78, 5) is 20.4. The first-order chi connectivity index (χ1) is 10.6. The van der Waals surface area contributed by atoms with Crippen molar-refractivity contribution in [2.75, 3.05) is 33.9 Å². The fraction of sp³-hybridized carbons (Fsp3) is 0.750. The van der Waals surface area contributed by atoms with Crippen molar-refractivity contribution < 1.29 is 9.53 Å². The van der Waals surface area contributed by atoms with Gasteiger partial charge < -0.3 is 19.1 Å². The van der Waals surface area contributed by atoms with Crippen molar-refractivity contribution in [2.24, 2.45) is 5.92 Å². The van der Waals surface area contributed by atoms with Gasteiger partial charge in [-0.15, -0.1) is 0 Å². The minimum atomic E-state index is 0.0453. The lowest BCUT2D eigenvalue weighted by atomic mass is 9.99. The zero-order valence-corrected chi connectivity index (χ0v) is 13.8. The number of nitrogens with zero attached hydrogens (tertiary/aromatic N) is 4. The van der Waals surface area contributed by atoms with Gasteiger partial charge in [-0.2, -0.15) is 0 Å². The van der Waals surface area contributed by atoms with Crippen LogP contribution < -0.4 is 0 Å². The molecule has 2 heterocycles. The zero-order chi connectivity index (χ0) is 15.7. The maximum Gasteiger partial charge on any atom is 0.319 e. The lowest BCUT2D eigenvalue weighted by molar-refractivity contribution is 0.104. The molecule has 2 aliphatic rings. The van der Waals surface area contributed by atoms with Crippen LogP contribution in [0, 0.1) is 5.92 Å². The minimum Gasteiger partial charge on any atom is -0.381 e. The van der Waals surface area contributed by atoms with Crippen molar-refractivity contribution in [1.82, 2.24) is 19.4 Å². The third kappa shape index (κ3) is 3.11. The van der Waals surface area contributed by atoms with Gasteiger partial charge in [0, 0.05) is 45.4 Å². The molecule has 1 aliphatic heterocycles. The molecule has 0 saturated heterocycles. The van der Waals surface area contributed by atoms with Gasteiger partial charge in [0.2, 0.25) is 0 Å². The summed E-state index contributed by atoms with van der Waals surface area (Å²) < 4.78 is 7.97. The van der Waals surface area contributed by atoms with Crippen LogP contribution in [-0.2, 0) is 17.8 Å². The number of rotatable bonds is 5. The van der Waals surface area contributed by atoms with E-state index in [0.29, 0.717) is 26.3 Å². The van der Waals surface area contributed by atoms with Crippen LogP contribution in [0.25, 0.3) is 0 Å². The lowest BCUT2D eigenvalue weighted by Gasteiger charge is -2.34. The molecule has 0 bridgehead atoms. The quantitative estimate of drug-likeness (QED) is 0.835. The van der Waals surface area contributed by atoms with Gasteiger partial charge in [-0.25, -0.2) is 9.78 Å². The van der Waals surface area contributed by atoms with Gasteiger partial charge in [-0.05, 0) is 25.7 Å². The smallest absolute Gasteiger partial charge is 0.319 e. The second-order valence-electron chi connectivity index (χ2n) is 6.59. The molecule has 6 nitrogen and oxygen atoms in total. The maximum atomic E-state index is 12.3. The van der Waals surface area contributed by atoms with Crippen molar-refractivity contribution in [2.45, 2.75) is 38.8 Å². The van der Waals surface area contributed by atoms with Crippen molar-refractivity contribution in [3.8, 4) is 0 Å². The molecule has 1 aromatic heterocycles. The van der Waals surface area contributed by atoms with E-state index in [1.54, 1.807) is 19.0 Å². The number of ether oxygens (including phenoxy) is 1. The van der Waals surface area contributed by atoms with E-state index in [4.69, 9.17) is 4.74 Å². The van der Waals surface area contributed by atoms with Gasteiger partial charge >= 0.3 is 6.03 Å². The summed E-state index contributed by atoms with van der Waals surface area (Å²) in [5, 5.41) is 0. The van der Waals surface area contributed by atoms with Crippen LogP contribution in [-0.4, -0.2) is 59.2 Å². The van der Waals surface area contributed by atoms with Crippen LogP contribution in [0.2, 0.25) is 0 Å². The lowest BCUT2D eigenvalue weighted by Crippen LogP contribution is -2.44. The molecule has 6 heteroatoms. The number of fused-ring (bicyclic) bond motifs is 1. The minimum absolute atomic E-state index is 0.0453. The van der Waals surface area contributed by atoms with Crippen LogP contribution in [0.4, 0.5) is 4.79 Å². The van der Waals surface area contributed by atoms with Crippen molar-refractivity contribution in [3.05, 3.63) is 17.7 Å². The molecule has 1 saturated carbocycles. The van der Waals surface area contributed by atoms with E-state index in [1.165, 1.54) is 18.5 Å². The SMILES string of the molecule is CCOC[C@@H]1CN(C(=O)N(C)C)Cc2ncn(CC3CC3)c21. The third-order valence-corrected chi connectivity index (χ3v) is 4.45. The van der Waals surface area contributed by atoms with Gasteiger partial charge in [0.15, 0.2) is 0 Å². The van der Waals surface area contributed by atoms with E-state index < -0.39 is 0 Å². The van der Waals surface area contributed by atoms with Gasteiger partial charge in [0.05, 0.1) is 25.2 Å². The number of carbonyl (C=O) groups is 1. The molecule has 1 fully saturated rings. The first kappa shape index (κ1) is 15.3. The average molecular weight is 306 g/mol. The predicted molar refractivity (Wildman–Crippen MR) is 83.7 cm³/mol. The average Bonchev–Trinajstić information content (AvgIpc) is 3.23. The molecule has 22 heavy (non-hydrogen) atoms. The summed E-state index contributed by atoms with van der Waals surface area (Å²) in [5.41, 5.74) is 2.31. The standard InChI is InChI=1S/C16H26N4O2/c1-4-22-10-13-8-19(16(21)18(2)3)9-14-15(13)20(11-17-14)7-12-5-6-12/h11-13H,4-10H2,1-3H3/t13-/m0/s1. The third-order valence-electron chi connectivity index (χ3n) is 4.45. The summed E-state index contributed by atoms with van der Waals surface area (Å²) in [6, 6.07) is 0.0453. The summed E-state index contributed by atoms with van der Waals surface area (Å²) in [6.07, 6.45) is 4.61. The zero-order valence-electron chi connectivity index (χ0n) is 13.8. The van der Waals surface area contributed by atoms with Crippen LogP contribution >= 0.6 is 0 Å². The molecule has 0 unspecified atom stereocenters. The number of urea groups is 1. The number of aromatic nitrogens is 2. The van der Waals surface area contributed by atoms with Crippen LogP contribution in [0.3, 0.4) is 0 Å². The molecule has 3 rings (SSSR count). The molecular weight excluding hydrogens is 280 g/mol. The number of imidazole rings is 1. The first-order valence-corrected chi connectivity index (χ1v) is 8.18. The Morgan fingerprint density at radius 1 is 1.45 bits per heavy atom. The highest BCUT2D eigenvalue weighted by molar-refractivity contribution is 5.74. The van der Waals surface area contributed by atoms with E-state index in [0.717, 1.165) is 18.2 Å². The Kier molecular flexibility index (Phi) is 4.38. The van der Waals surface area contributed by atoms with E-state index >= 15 is 0 Å². The largest absolute Gasteiger partial charge is 0.381 e. The van der Waals surface area contributed by atoms with E-state index in [2.05, 4.69) is 9.55 Å². The number of amides is 2. The van der Waals surface area contributed by atoms with E-state index in [9.17, 15) is 4.79 Å². The summed E-state index contributed by atoms with van der Waals surface area (Å²) in [5.74, 6) is 1.03. The van der Waals surface area contributed by atoms with Crippen molar-refractivity contribution in [1.29, 1.82) is 0 Å². The maximum absolute atomic E-state index is 12.3. The molecule has 2 amide bonds. The molecule has 0 aromatic carbocycles. The van der Waals surface area contributed by atoms with Crippen molar-refractivity contribution >= 4 is 6.03 Å². The highest BCUT2D eigenvalue weighted by Gasteiger charge is 2.34. The Morgan fingerprint density at radius 3 is 2.86 bits per heavy atom. The van der Waals surface area contributed by atoms with Gasteiger partial charge in [-0.1, -0.05) is 0 Å². The highest BCUT2D eigenvalue weighted by atomic mass is 16.5. The highest BCUT2D eigenvalue weighted by Crippen LogP contribution is 2.34. The molecular formula is C16H26N4O2. The monoisotopic (exact) mass is 306 g/mol. The van der Waals surface area contributed by atoms with Crippen molar-refractivity contribution in [3.63, 3.8) is 0 Å². The second-order valence-corrected chi connectivity index (χ2v) is 6.59. The Morgan fingerprint density at radius 2 is 2.23 bits per heavy atom. The Labute approximate surface area is 132 Å². The molecule has 0 spiro atoms. The van der Waals surface area contributed by atoms with Gasteiger partial charge in [0.1, 0.15) is 0 Å². The molecule has 1 aromatic rings. The van der Waals surface area contributed by atoms with E-state index in [-0.39, 0.29) is 11.9 Å². The number of hydrogen-bond donors (Lipinski definition) is 0. The molecule has 0 N–H and O–H groups in total. The molecule has 122 valence electrons. The number of hydrogen-bond acceptors (Lipinski definition) is 3. The van der Waals surface area contributed by atoms with Gasteiger partial charge in [0.25, 0.3) is 0 Å². The Bertz CT molecular complexity index is 536. The Balaban J connectivity index is 1.83. The topological polar surface area (TPSA) is 50.6 Å². The van der Waals surface area contributed by atoms with Gasteiger partial charge in [-0.3, -0.25) is 0 Å². The second kappa shape index (κ2) is 6.28. The fourth-order valence-electron chi connectivity index (χ4n) is 3.17.